The zero-order valence-electron chi connectivity index (χ0n) is 27.4. The quantitative estimate of drug-likeness (QED) is 0.165. The second-order valence-electron chi connectivity index (χ2n) is 12.5. The summed E-state index contributed by atoms with van der Waals surface area (Å²) in [4.78, 5) is 34.3. The van der Waals surface area contributed by atoms with Gasteiger partial charge in [0.05, 0.1) is 16.6 Å². The Morgan fingerprint density at radius 3 is 2.37 bits per heavy atom. The van der Waals surface area contributed by atoms with Crippen molar-refractivity contribution < 1.29 is 23.5 Å². The van der Waals surface area contributed by atoms with E-state index >= 15 is 4.39 Å². The molecule has 9 nitrogen and oxygen atoms in total. The molecule has 49 heavy (non-hydrogen) atoms. The van der Waals surface area contributed by atoms with Crippen molar-refractivity contribution in [2.24, 2.45) is 0 Å². The fraction of sp³-hybridized carbons (Fsp3) is 0.243. The van der Waals surface area contributed by atoms with Crippen LogP contribution in [-0.4, -0.2) is 58.8 Å². The summed E-state index contributed by atoms with van der Waals surface area (Å²) < 4.78 is 27.5. The molecule has 252 valence electrons. The smallest absolute Gasteiger partial charge is 0.410 e. The average Bonchev–Trinajstić information content (AvgIpc) is 3.51. The summed E-state index contributed by atoms with van der Waals surface area (Å²) in [5.74, 6) is -0.327. The maximum atomic E-state index is 15.2. The van der Waals surface area contributed by atoms with Gasteiger partial charge in [0.2, 0.25) is 5.91 Å². The summed E-state index contributed by atoms with van der Waals surface area (Å²) in [6.07, 6.45) is 1.54. The molecule has 1 aliphatic heterocycles. The van der Waals surface area contributed by atoms with E-state index in [0.717, 1.165) is 45.0 Å². The van der Waals surface area contributed by atoms with Gasteiger partial charge in [-0.05, 0) is 74.4 Å². The number of hydrogen-bond acceptors (Lipinski definition) is 8. The fourth-order valence-electron chi connectivity index (χ4n) is 5.34. The zero-order chi connectivity index (χ0) is 34.5. The van der Waals surface area contributed by atoms with Gasteiger partial charge in [0.15, 0.2) is 16.7 Å². The molecule has 3 heterocycles. The number of rotatable bonds is 7. The number of aromatic nitrogens is 1. The van der Waals surface area contributed by atoms with E-state index in [0.29, 0.717) is 24.5 Å². The predicted octanol–water partition coefficient (Wildman–Crippen LogP) is 8.01. The number of fused-ring (bicyclic) bond motifs is 1. The van der Waals surface area contributed by atoms with Crippen molar-refractivity contribution in [3.63, 3.8) is 0 Å². The summed E-state index contributed by atoms with van der Waals surface area (Å²) in [6.45, 7) is 8.25. The van der Waals surface area contributed by atoms with Gasteiger partial charge in [-0.25, -0.2) is 9.18 Å². The number of nitrogens with zero attached hydrogens (tertiary/aromatic N) is 3. The van der Waals surface area contributed by atoms with Crippen LogP contribution in [0.1, 0.15) is 26.3 Å². The number of anilines is 2. The van der Waals surface area contributed by atoms with Gasteiger partial charge in [0.25, 0.3) is 0 Å². The number of ether oxygens (including phenoxy) is 2. The number of benzene rings is 3. The Hall–Kier alpha value is -5.07. The molecule has 1 saturated heterocycles. The van der Waals surface area contributed by atoms with E-state index in [2.05, 4.69) is 44.8 Å². The summed E-state index contributed by atoms with van der Waals surface area (Å²) in [7, 11) is 0. The molecule has 0 radical (unpaired) electrons. The molecule has 3 aromatic carbocycles. The van der Waals surface area contributed by atoms with Gasteiger partial charge in [-0.15, -0.1) is 11.3 Å². The Balaban J connectivity index is 1.07. The van der Waals surface area contributed by atoms with Crippen molar-refractivity contribution in [3.05, 3.63) is 103 Å². The first-order chi connectivity index (χ1) is 23.5. The minimum absolute atomic E-state index is 0.0446. The predicted molar refractivity (Wildman–Crippen MR) is 196 cm³/mol. The molecule has 2 amide bonds. The highest BCUT2D eigenvalue weighted by Gasteiger charge is 2.26. The molecule has 12 heteroatoms. The lowest BCUT2D eigenvalue weighted by molar-refractivity contribution is -0.119. The van der Waals surface area contributed by atoms with Crippen LogP contribution in [0.4, 0.5) is 20.6 Å². The van der Waals surface area contributed by atoms with Crippen molar-refractivity contribution in [1.29, 1.82) is 0 Å². The minimum Gasteiger partial charge on any atom is -0.453 e. The molecule has 5 aromatic rings. The molecule has 0 atom stereocenters. The number of nitrogens with one attached hydrogen (secondary N) is 2. The fourth-order valence-corrected chi connectivity index (χ4v) is 6.64. The van der Waals surface area contributed by atoms with Crippen LogP contribution in [-0.2, 0) is 16.0 Å². The Bertz CT molecular complexity index is 1970. The van der Waals surface area contributed by atoms with Crippen LogP contribution in [0.15, 0.2) is 91.1 Å². The Morgan fingerprint density at radius 2 is 1.67 bits per heavy atom. The van der Waals surface area contributed by atoms with E-state index in [1.54, 1.807) is 23.2 Å². The van der Waals surface area contributed by atoms with E-state index in [4.69, 9.17) is 21.7 Å². The van der Waals surface area contributed by atoms with E-state index in [1.807, 2.05) is 57.2 Å². The number of piperazine rings is 1. The van der Waals surface area contributed by atoms with Crippen LogP contribution < -0.4 is 20.3 Å². The first-order valence-electron chi connectivity index (χ1n) is 15.8. The standard InChI is InChI=1S/C37H36FN5O4S2/c1-37(2,3)47-36(45)43-19-17-42(18-20-43)27-12-9-25(10-13-27)32-23-29-34(49-32)31(15-16-39-29)46-30-14-11-26(22-28(30)38)40-35(48)41-33(44)21-24-7-5-4-6-8-24/h4-16,22-23H,17-21H2,1-3H3,(H2,40,41,44,48). The van der Waals surface area contributed by atoms with Crippen LogP contribution >= 0.6 is 23.6 Å². The van der Waals surface area contributed by atoms with Gasteiger partial charge in [-0.1, -0.05) is 42.5 Å². The molecule has 0 aliphatic carbocycles. The van der Waals surface area contributed by atoms with Crippen LogP contribution in [0, 0.1) is 5.82 Å². The van der Waals surface area contributed by atoms with Gasteiger partial charge in [0, 0.05) is 60.8 Å². The van der Waals surface area contributed by atoms with Gasteiger partial charge in [-0.2, -0.15) is 0 Å². The molecule has 0 bridgehead atoms. The number of halogens is 1. The number of hydrogen-bond donors (Lipinski definition) is 2. The van der Waals surface area contributed by atoms with Crippen molar-refractivity contribution in [2.45, 2.75) is 32.8 Å². The van der Waals surface area contributed by atoms with Crippen LogP contribution in [0.5, 0.6) is 11.5 Å². The first kappa shape index (κ1) is 33.8. The van der Waals surface area contributed by atoms with Crippen molar-refractivity contribution >= 4 is 62.3 Å². The van der Waals surface area contributed by atoms with Crippen LogP contribution in [0.25, 0.3) is 20.7 Å². The largest absolute Gasteiger partial charge is 0.453 e. The normalized spacial score (nSPS) is 13.2. The topological polar surface area (TPSA) is 96.0 Å². The Morgan fingerprint density at radius 1 is 0.939 bits per heavy atom. The highest BCUT2D eigenvalue weighted by molar-refractivity contribution is 7.80. The minimum atomic E-state index is -0.590. The number of pyridine rings is 1. The van der Waals surface area contributed by atoms with Crippen molar-refractivity contribution in [1.82, 2.24) is 15.2 Å². The summed E-state index contributed by atoms with van der Waals surface area (Å²) >= 11 is 6.77. The third kappa shape index (κ3) is 8.70. The highest BCUT2D eigenvalue weighted by atomic mass is 32.1. The SMILES string of the molecule is CC(C)(C)OC(=O)N1CCN(c2ccc(-c3cc4nccc(Oc5ccc(NC(=S)NC(=O)Cc6ccccc6)cc5F)c4s3)cc2)CC1. The highest BCUT2D eigenvalue weighted by Crippen LogP contribution is 2.40. The molecule has 1 fully saturated rings. The number of thiophene rings is 1. The third-order valence-electron chi connectivity index (χ3n) is 7.69. The number of carbonyl (C=O) groups is 2. The van der Waals surface area contributed by atoms with Crippen molar-refractivity contribution in [3.8, 4) is 21.9 Å². The number of carbonyl (C=O) groups excluding carboxylic acids is 2. The maximum absolute atomic E-state index is 15.2. The molecular formula is C37H36FN5O4S2. The summed E-state index contributed by atoms with van der Waals surface area (Å²) in [5, 5.41) is 5.55. The molecule has 0 spiro atoms. The lowest BCUT2D eigenvalue weighted by atomic mass is 10.1. The molecule has 0 saturated carbocycles. The Kier molecular flexibility index (Phi) is 10.1. The number of thiocarbonyl (C=S) groups is 1. The van der Waals surface area contributed by atoms with E-state index in [9.17, 15) is 9.59 Å². The monoisotopic (exact) mass is 697 g/mol. The van der Waals surface area contributed by atoms with Gasteiger partial charge in [0.1, 0.15) is 11.4 Å². The molecule has 0 unspecified atom stereocenters. The molecule has 1 aliphatic rings. The molecule has 6 rings (SSSR count). The average molecular weight is 698 g/mol. The van der Waals surface area contributed by atoms with Crippen LogP contribution in [0.2, 0.25) is 0 Å². The summed E-state index contributed by atoms with van der Waals surface area (Å²) in [5.41, 5.74) is 3.58. The maximum Gasteiger partial charge on any atom is 0.410 e. The van der Waals surface area contributed by atoms with E-state index in [1.165, 1.54) is 23.5 Å². The van der Waals surface area contributed by atoms with Gasteiger partial charge < -0.3 is 29.9 Å². The second kappa shape index (κ2) is 14.6. The third-order valence-corrected chi connectivity index (χ3v) is 9.09. The molecule has 2 aromatic heterocycles. The van der Waals surface area contributed by atoms with E-state index < -0.39 is 11.4 Å². The van der Waals surface area contributed by atoms with Gasteiger partial charge >= 0.3 is 6.09 Å². The van der Waals surface area contributed by atoms with Crippen molar-refractivity contribution in [2.75, 3.05) is 36.4 Å². The van der Waals surface area contributed by atoms with Gasteiger partial charge in [-0.3, -0.25) is 9.78 Å². The lowest BCUT2D eigenvalue weighted by Gasteiger charge is -2.36. The summed E-state index contributed by atoms with van der Waals surface area (Å²) in [6, 6.07) is 25.7. The van der Waals surface area contributed by atoms with E-state index in [-0.39, 0.29) is 29.3 Å². The lowest BCUT2D eigenvalue weighted by Crippen LogP contribution is -2.50. The van der Waals surface area contributed by atoms with Crippen LogP contribution in [0.3, 0.4) is 0 Å². The Labute approximate surface area is 293 Å². The zero-order valence-corrected chi connectivity index (χ0v) is 29.0. The first-order valence-corrected chi connectivity index (χ1v) is 17.1. The second-order valence-corrected chi connectivity index (χ2v) is 14.0. The number of amides is 2. The molecular weight excluding hydrogens is 662 g/mol. The molecule has 2 N–H and O–H groups in total.